The molecule has 0 aromatic heterocycles. The van der Waals surface area contributed by atoms with Crippen molar-refractivity contribution in [2.45, 2.75) is 6.92 Å². The number of carbonyl (C=O) groups excluding carboxylic acids is 1. The largest absolute Gasteiger partial charge is 0.366 e. The first-order chi connectivity index (χ1) is 6.69. The van der Waals surface area contributed by atoms with Crippen LogP contribution in [0.15, 0.2) is 30.3 Å². The predicted molar refractivity (Wildman–Crippen MR) is 54.0 cm³/mol. The minimum Gasteiger partial charge on any atom is -0.366 e. The molecule has 1 aromatic carbocycles. The van der Waals surface area contributed by atoms with Gasteiger partial charge in [-0.1, -0.05) is 18.2 Å². The maximum Gasteiger partial charge on any atom is 0.248 e. The number of nitrogens with two attached hydrogens (primary N) is 1. The van der Waals surface area contributed by atoms with Crippen LogP contribution in [0.1, 0.15) is 18.1 Å². The van der Waals surface area contributed by atoms with Crippen molar-refractivity contribution in [2.24, 2.45) is 5.73 Å². The van der Waals surface area contributed by atoms with Crippen LogP contribution < -0.4 is 5.73 Å². The highest BCUT2D eigenvalue weighted by atomic mass is 16.1. The molecule has 0 saturated carbocycles. The molecule has 1 rings (SSSR count). The van der Waals surface area contributed by atoms with E-state index in [1.165, 1.54) is 0 Å². The van der Waals surface area contributed by atoms with Crippen LogP contribution in [-0.4, -0.2) is 5.91 Å². The molecule has 0 bridgehead atoms. The van der Waals surface area contributed by atoms with Gasteiger partial charge in [-0.25, -0.2) is 0 Å². The molecule has 14 heavy (non-hydrogen) atoms. The first kappa shape index (κ1) is 10.0. The van der Waals surface area contributed by atoms with Crippen LogP contribution in [0, 0.1) is 11.3 Å². The first-order valence-corrected chi connectivity index (χ1v) is 4.15. The van der Waals surface area contributed by atoms with Gasteiger partial charge in [-0.2, -0.15) is 5.26 Å². The Labute approximate surface area is 82.5 Å². The topological polar surface area (TPSA) is 66.9 Å². The fourth-order valence-electron chi connectivity index (χ4n) is 1.21. The third kappa shape index (κ3) is 1.99. The van der Waals surface area contributed by atoms with E-state index in [4.69, 9.17) is 11.0 Å². The summed E-state index contributed by atoms with van der Waals surface area (Å²) in [6.45, 7) is 1.74. The molecule has 0 radical (unpaired) electrons. The number of hydrogen-bond acceptors (Lipinski definition) is 2. The van der Waals surface area contributed by atoms with Crippen LogP contribution in [0.2, 0.25) is 0 Å². The van der Waals surface area contributed by atoms with E-state index in [0.29, 0.717) is 16.7 Å². The Morgan fingerprint density at radius 3 is 2.79 bits per heavy atom. The van der Waals surface area contributed by atoms with E-state index in [2.05, 4.69) is 0 Å². The Bertz CT molecular complexity index is 427. The zero-order chi connectivity index (χ0) is 10.6. The summed E-state index contributed by atoms with van der Waals surface area (Å²) >= 11 is 0. The van der Waals surface area contributed by atoms with Crippen molar-refractivity contribution < 1.29 is 4.79 Å². The number of rotatable bonds is 2. The van der Waals surface area contributed by atoms with E-state index in [-0.39, 0.29) is 0 Å². The molecule has 2 N–H and O–H groups in total. The summed E-state index contributed by atoms with van der Waals surface area (Å²) in [5, 5.41) is 8.67. The van der Waals surface area contributed by atoms with E-state index in [9.17, 15) is 4.79 Å². The third-order valence-electron chi connectivity index (χ3n) is 1.86. The molecule has 0 aliphatic carbocycles. The summed E-state index contributed by atoms with van der Waals surface area (Å²) in [6, 6.07) is 8.80. The van der Waals surface area contributed by atoms with Crippen molar-refractivity contribution in [1.82, 2.24) is 0 Å². The summed E-state index contributed by atoms with van der Waals surface area (Å²) < 4.78 is 0. The Morgan fingerprint density at radius 2 is 2.29 bits per heavy atom. The van der Waals surface area contributed by atoms with Crippen LogP contribution >= 0.6 is 0 Å². The summed E-state index contributed by atoms with van der Waals surface area (Å²) in [5.41, 5.74) is 6.81. The second-order valence-electron chi connectivity index (χ2n) is 2.76. The molecule has 1 amide bonds. The van der Waals surface area contributed by atoms with Crippen molar-refractivity contribution in [3.8, 4) is 6.07 Å². The highest BCUT2D eigenvalue weighted by Gasteiger charge is 2.06. The van der Waals surface area contributed by atoms with Crippen molar-refractivity contribution in [3.63, 3.8) is 0 Å². The number of benzene rings is 1. The molecule has 0 heterocycles. The summed E-state index contributed by atoms with van der Waals surface area (Å²) in [5.74, 6) is -0.484. The van der Waals surface area contributed by atoms with E-state index < -0.39 is 5.91 Å². The maximum atomic E-state index is 11.0. The van der Waals surface area contributed by atoms with Crippen molar-refractivity contribution in [3.05, 3.63) is 41.5 Å². The number of nitriles is 1. The molecule has 0 atom stereocenters. The van der Waals surface area contributed by atoms with Gasteiger partial charge in [-0.15, -0.1) is 0 Å². The predicted octanol–water partition coefficient (Wildman–Crippen LogP) is 1.45. The van der Waals surface area contributed by atoms with Gasteiger partial charge in [0, 0.05) is 5.57 Å². The third-order valence-corrected chi connectivity index (χ3v) is 1.86. The molecule has 3 heteroatoms. The highest BCUT2D eigenvalue weighted by Crippen LogP contribution is 2.14. The standard InChI is InChI=1S/C11H10N2O/c1-2-10(11(13)14)9-5-3-4-8(6-9)7-12/h2-6H,1H3,(H2,13,14). The van der Waals surface area contributed by atoms with Gasteiger partial charge in [-0.3, -0.25) is 4.79 Å². The van der Waals surface area contributed by atoms with Gasteiger partial charge >= 0.3 is 0 Å². The molecule has 0 aliphatic heterocycles. The highest BCUT2D eigenvalue weighted by molar-refractivity contribution is 6.18. The quantitative estimate of drug-likeness (QED) is 0.710. The molecular weight excluding hydrogens is 176 g/mol. The van der Waals surface area contributed by atoms with E-state index in [1.54, 1.807) is 37.3 Å². The molecule has 0 spiro atoms. The van der Waals surface area contributed by atoms with Gasteiger partial charge in [0.2, 0.25) is 5.91 Å². The number of hydrogen-bond donors (Lipinski definition) is 1. The molecule has 0 aliphatic rings. The second-order valence-corrected chi connectivity index (χ2v) is 2.76. The first-order valence-electron chi connectivity index (χ1n) is 4.15. The smallest absolute Gasteiger partial charge is 0.248 e. The van der Waals surface area contributed by atoms with E-state index in [0.717, 1.165) is 0 Å². The average Bonchev–Trinajstić information content (AvgIpc) is 2.19. The van der Waals surface area contributed by atoms with Crippen LogP contribution in [-0.2, 0) is 4.79 Å². The second kappa shape index (κ2) is 4.24. The lowest BCUT2D eigenvalue weighted by Gasteiger charge is -2.02. The SMILES string of the molecule is CC=C(C(N)=O)c1cccc(C#N)c1. The lowest BCUT2D eigenvalue weighted by molar-refractivity contribution is -0.112. The number of primary amides is 1. The number of carbonyl (C=O) groups is 1. The van der Waals surface area contributed by atoms with Gasteiger partial charge in [0.1, 0.15) is 0 Å². The number of allylic oxidation sites excluding steroid dienone is 1. The monoisotopic (exact) mass is 186 g/mol. The minimum absolute atomic E-state index is 0.433. The lowest BCUT2D eigenvalue weighted by Crippen LogP contribution is -2.12. The molecular formula is C11H10N2O. The van der Waals surface area contributed by atoms with Crippen LogP contribution in [0.25, 0.3) is 5.57 Å². The van der Waals surface area contributed by atoms with Gasteiger partial charge in [0.15, 0.2) is 0 Å². The zero-order valence-corrected chi connectivity index (χ0v) is 7.82. The Kier molecular flexibility index (Phi) is 3.03. The Balaban J connectivity index is 3.20. The Hall–Kier alpha value is -2.08. The van der Waals surface area contributed by atoms with Crippen LogP contribution in [0.5, 0.6) is 0 Å². The maximum absolute atomic E-state index is 11.0. The average molecular weight is 186 g/mol. The zero-order valence-electron chi connectivity index (χ0n) is 7.82. The van der Waals surface area contributed by atoms with E-state index in [1.807, 2.05) is 6.07 Å². The number of amides is 1. The summed E-state index contributed by atoms with van der Waals surface area (Å²) in [4.78, 5) is 11.0. The lowest BCUT2D eigenvalue weighted by atomic mass is 10.0. The molecule has 0 unspecified atom stereocenters. The van der Waals surface area contributed by atoms with Crippen LogP contribution in [0.4, 0.5) is 0 Å². The minimum atomic E-state index is -0.484. The van der Waals surface area contributed by atoms with Crippen molar-refractivity contribution in [1.29, 1.82) is 5.26 Å². The molecule has 70 valence electrons. The normalized spacial score (nSPS) is 10.7. The Morgan fingerprint density at radius 1 is 1.57 bits per heavy atom. The molecule has 0 fully saturated rings. The van der Waals surface area contributed by atoms with Gasteiger partial charge in [-0.05, 0) is 24.6 Å². The molecule has 0 saturated heterocycles. The van der Waals surface area contributed by atoms with Gasteiger partial charge in [0.05, 0.1) is 11.6 Å². The molecule has 3 nitrogen and oxygen atoms in total. The fraction of sp³-hybridized carbons (Fsp3) is 0.0909. The van der Waals surface area contributed by atoms with Crippen LogP contribution in [0.3, 0.4) is 0 Å². The van der Waals surface area contributed by atoms with Crippen molar-refractivity contribution in [2.75, 3.05) is 0 Å². The van der Waals surface area contributed by atoms with Crippen molar-refractivity contribution >= 4 is 11.5 Å². The van der Waals surface area contributed by atoms with Gasteiger partial charge in [0.25, 0.3) is 0 Å². The fourth-order valence-corrected chi connectivity index (χ4v) is 1.21. The summed E-state index contributed by atoms with van der Waals surface area (Å²) in [6.07, 6.45) is 1.64. The van der Waals surface area contributed by atoms with E-state index >= 15 is 0 Å². The number of nitrogens with zero attached hydrogens (tertiary/aromatic N) is 1. The summed E-state index contributed by atoms with van der Waals surface area (Å²) in [7, 11) is 0. The molecule has 1 aromatic rings. The van der Waals surface area contributed by atoms with Gasteiger partial charge < -0.3 is 5.73 Å².